The van der Waals surface area contributed by atoms with Gasteiger partial charge in [0.1, 0.15) is 17.1 Å². The summed E-state index contributed by atoms with van der Waals surface area (Å²) in [6, 6.07) is 0. The summed E-state index contributed by atoms with van der Waals surface area (Å²) in [5.41, 5.74) is 0.404. The van der Waals surface area contributed by atoms with Crippen LogP contribution in [0.25, 0.3) is 0 Å². The molecular weight excluding hydrogens is 336 g/mol. The molecular formula is C24H42O3. The van der Waals surface area contributed by atoms with Crippen molar-refractivity contribution in [3.05, 3.63) is 17.1 Å². The molecule has 27 heavy (non-hydrogen) atoms. The van der Waals surface area contributed by atoms with Crippen molar-refractivity contribution in [2.75, 3.05) is 0 Å². The quantitative estimate of drug-likeness (QED) is 0.221. The second-order valence-corrected chi connectivity index (χ2v) is 7.93. The van der Waals surface area contributed by atoms with Gasteiger partial charge >= 0.3 is 0 Å². The molecule has 0 aliphatic heterocycles. The number of aryl methyl sites for hydroxylation is 2. The van der Waals surface area contributed by atoms with E-state index in [1.165, 1.54) is 77.0 Å². The monoisotopic (exact) mass is 378 g/mol. The maximum atomic E-state index is 12.3. The molecule has 3 nitrogen and oxygen atoms in total. The average Bonchev–Trinajstić information content (AvgIpc) is 2.95. The second kappa shape index (κ2) is 14.8. The van der Waals surface area contributed by atoms with Crippen LogP contribution in [0, 0.1) is 6.92 Å². The first-order valence-electron chi connectivity index (χ1n) is 11.5. The van der Waals surface area contributed by atoms with Gasteiger partial charge in [0, 0.05) is 12.8 Å². The topological polar surface area (TPSA) is 50.4 Å². The van der Waals surface area contributed by atoms with Crippen LogP contribution in [0.15, 0.2) is 4.42 Å². The Morgan fingerprint density at radius 1 is 0.778 bits per heavy atom. The largest absolute Gasteiger partial charge is 0.504 e. The van der Waals surface area contributed by atoms with Crippen LogP contribution < -0.4 is 0 Å². The minimum absolute atomic E-state index is 0.0207. The molecule has 156 valence electrons. The van der Waals surface area contributed by atoms with Gasteiger partial charge in [0.2, 0.25) is 0 Å². The Kier molecular flexibility index (Phi) is 13.0. The van der Waals surface area contributed by atoms with Crippen molar-refractivity contribution in [1.82, 2.24) is 0 Å². The molecule has 0 fully saturated rings. The first-order valence-corrected chi connectivity index (χ1v) is 11.5. The van der Waals surface area contributed by atoms with Crippen molar-refractivity contribution in [2.24, 2.45) is 0 Å². The molecule has 0 aliphatic carbocycles. The lowest BCUT2D eigenvalue weighted by Crippen LogP contribution is -2.00. The molecule has 0 spiro atoms. The van der Waals surface area contributed by atoms with E-state index in [1.807, 2.05) is 6.92 Å². The zero-order valence-corrected chi connectivity index (χ0v) is 18.1. The molecule has 0 aromatic carbocycles. The third kappa shape index (κ3) is 9.48. The molecule has 0 atom stereocenters. The van der Waals surface area contributed by atoms with Crippen molar-refractivity contribution >= 4 is 5.78 Å². The number of carbonyl (C=O) groups excluding carboxylic acids is 1. The van der Waals surface area contributed by atoms with E-state index in [-0.39, 0.29) is 11.5 Å². The molecule has 0 saturated carbocycles. The van der Waals surface area contributed by atoms with Gasteiger partial charge in [-0.2, -0.15) is 0 Å². The molecule has 3 heteroatoms. The lowest BCUT2D eigenvalue weighted by Gasteiger charge is -2.03. The summed E-state index contributed by atoms with van der Waals surface area (Å²) in [4.78, 5) is 12.3. The van der Waals surface area contributed by atoms with E-state index in [2.05, 4.69) is 6.92 Å². The minimum atomic E-state index is 0.0207. The summed E-state index contributed by atoms with van der Waals surface area (Å²) in [7, 11) is 0. The number of unbranched alkanes of at least 4 members (excludes halogenated alkanes) is 13. The van der Waals surface area contributed by atoms with Gasteiger partial charge in [-0.3, -0.25) is 4.79 Å². The standard InChI is InChI=1S/C24H42O3/c1-4-6-7-8-9-10-11-12-13-14-15-16-17-18-19-21(25)23-20(3)27-22(5-2)24(23)26/h26H,4-19H2,1-3H3. The third-order valence-corrected chi connectivity index (χ3v) is 5.49. The smallest absolute Gasteiger partial charge is 0.170 e. The summed E-state index contributed by atoms with van der Waals surface area (Å²) in [6.07, 6.45) is 19.5. The van der Waals surface area contributed by atoms with Gasteiger partial charge in [-0.1, -0.05) is 97.3 Å². The molecule has 0 amide bonds. The Labute approximate surface area is 166 Å². The van der Waals surface area contributed by atoms with Crippen molar-refractivity contribution in [3.8, 4) is 5.75 Å². The van der Waals surface area contributed by atoms with E-state index in [9.17, 15) is 9.90 Å². The molecule has 1 N–H and O–H groups in total. The van der Waals surface area contributed by atoms with E-state index in [0.29, 0.717) is 29.9 Å². The highest BCUT2D eigenvalue weighted by atomic mass is 16.4. The first kappa shape index (κ1) is 23.8. The normalized spacial score (nSPS) is 11.2. The molecule has 1 heterocycles. The Hall–Kier alpha value is -1.25. The van der Waals surface area contributed by atoms with Crippen LogP contribution in [0.2, 0.25) is 0 Å². The molecule has 1 rings (SSSR count). The minimum Gasteiger partial charge on any atom is -0.504 e. The highest BCUT2D eigenvalue weighted by Gasteiger charge is 2.21. The summed E-state index contributed by atoms with van der Waals surface area (Å²) < 4.78 is 5.47. The SMILES string of the molecule is CCCCCCCCCCCCCCCCC(=O)c1c(C)oc(CC)c1O. The summed E-state index contributed by atoms with van der Waals surface area (Å²) in [5, 5.41) is 10.1. The Morgan fingerprint density at radius 2 is 1.22 bits per heavy atom. The zero-order chi connectivity index (χ0) is 19.9. The number of aromatic hydroxyl groups is 1. The van der Waals surface area contributed by atoms with Crippen LogP contribution in [-0.4, -0.2) is 10.9 Å². The third-order valence-electron chi connectivity index (χ3n) is 5.49. The van der Waals surface area contributed by atoms with E-state index in [1.54, 1.807) is 6.92 Å². The lowest BCUT2D eigenvalue weighted by molar-refractivity contribution is 0.0975. The van der Waals surface area contributed by atoms with Gasteiger partial charge in [-0.15, -0.1) is 0 Å². The van der Waals surface area contributed by atoms with Gasteiger partial charge in [0.15, 0.2) is 11.5 Å². The maximum absolute atomic E-state index is 12.3. The summed E-state index contributed by atoms with van der Waals surface area (Å²) in [5.74, 6) is 1.16. The van der Waals surface area contributed by atoms with Crippen molar-refractivity contribution in [3.63, 3.8) is 0 Å². The van der Waals surface area contributed by atoms with Crippen LogP contribution >= 0.6 is 0 Å². The van der Waals surface area contributed by atoms with E-state index in [0.717, 1.165) is 12.8 Å². The number of carbonyl (C=O) groups is 1. The Morgan fingerprint density at radius 3 is 1.63 bits per heavy atom. The van der Waals surface area contributed by atoms with E-state index < -0.39 is 0 Å². The molecule has 1 aromatic heterocycles. The lowest BCUT2D eigenvalue weighted by atomic mass is 10.0. The van der Waals surface area contributed by atoms with Gasteiger partial charge in [-0.05, 0) is 13.3 Å². The van der Waals surface area contributed by atoms with Crippen LogP contribution in [0.3, 0.4) is 0 Å². The summed E-state index contributed by atoms with van der Waals surface area (Å²) in [6.45, 7) is 5.95. The number of rotatable bonds is 17. The van der Waals surface area contributed by atoms with E-state index >= 15 is 0 Å². The van der Waals surface area contributed by atoms with Crippen molar-refractivity contribution in [1.29, 1.82) is 0 Å². The first-order chi connectivity index (χ1) is 13.1. The van der Waals surface area contributed by atoms with Crippen LogP contribution in [0.4, 0.5) is 0 Å². The van der Waals surface area contributed by atoms with Gasteiger partial charge in [-0.25, -0.2) is 0 Å². The zero-order valence-electron chi connectivity index (χ0n) is 18.1. The average molecular weight is 379 g/mol. The highest BCUT2D eigenvalue weighted by molar-refractivity contribution is 5.99. The number of hydrogen-bond donors (Lipinski definition) is 1. The Bertz CT molecular complexity index is 516. The fourth-order valence-electron chi connectivity index (χ4n) is 3.76. The molecule has 0 saturated heterocycles. The van der Waals surface area contributed by atoms with Gasteiger partial charge in [0.05, 0.1) is 0 Å². The highest BCUT2D eigenvalue weighted by Crippen LogP contribution is 2.30. The van der Waals surface area contributed by atoms with E-state index in [4.69, 9.17) is 4.42 Å². The maximum Gasteiger partial charge on any atom is 0.170 e. The number of furan rings is 1. The van der Waals surface area contributed by atoms with Gasteiger partial charge < -0.3 is 9.52 Å². The number of hydrogen-bond acceptors (Lipinski definition) is 3. The predicted octanol–water partition coefficient (Wildman–Crippen LogP) is 7.91. The molecule has 0 bridgehead atoms. The molecule has 0 radical (unpaired) electrons. The summed E-state index contributed by atoms with van der Waals surface area (Å²) >= 11 is 0. The number of ketones is 1. The van der Waals surface area contributed by atoms with Crippen LogP contribution in [0.1, 0.15) is 132 Å². The van der Waals surface area contributed by atoms with Crippen molar-refractivity contribution < 1.29 is 14.3 Å². The predicted molar refractivity (Wildman–Crippen MR) is 114 cm³/mol. The van der Waals surface area contributed by atoms with Crippen LogP contribution in [-0.2, 0) is 6.42 Å². The fourth-order valence-corrected chi connectivity index (χ4v) is 3.76. The fraction of sp³-hybridized carbons (Fsp3) is 0.792. The molecule has 0 unspecified atom stereocenters. The molecule has 1 aromatic rings. The Balaban J connectivity index is 1.97. The van der Waals surface area contributed by atoms with Crippen LogP contribution in [0.5, 0.6) is 5.75 Å². The number of Topliss-reactive ketones (excluding diaryl/α,β-unsaturated/α-hetero) is 1. The molecule has 0 aliphatic rings. The van der Waals surface area contributed by atoms with Gasteiger partial charge in [0.25, 0.3) is 0 Å². The second-order valence-electron chi connectivity index (χ2n) is 7.93. The van der Waals surface area contributed by atoms with Crippen molar-refractivity contribution in [2.45, 2.75) is 124 Å².